The molecule has 1 aromatic heterocycles. The standard InChI is InChI=1S/C15H14F3N3O2/c16-15(17,18)12-11(9-5-2-1-3-6-9)13(21-20-12)19-14(22)10-7-4-8-23-10/h1-3,5-6,10H,4,7-8H2,(H2,19,20,21,22). The van der Waals surface area contributed by atoms with Gasteiger partial charge in [-0.3, -0.25) is 9.89 Å². The van der Waals surface area contributed by atoms with Gasteiger partial charge >= 0.3 is 6.18 Å². The summed E-state index contributed by atoms with van der Waals surface area (Å²) in [5.41, 5.74) is -0.855. The number of carbonyl (C=O) groups is 1. The SMILES string of the molecule is O=C(Nc1n[nH]c(C(F)(F)F)c1-c1ccccc1)C1CCCO1. The predicted molar refractivity (Wildman–Crippen MR) is 76.6 cm³/mol. The smallest absolute Gasteiger partial charge is 0.368 e. The van der Waals surface area contributed by atoms with Crippen LogP contribution >= 0.6 is 0 Å². The highest BCUT2D eigenvalue weighted by Gasteiger charge is 2.38. The number of rotatable bonds is 3. The molecule has 1 aliphatic rings. The number of hydrogen-bond donors (Lipinski definition) is 2. The minimum Gasteiger partial charge on any atom is -0.368 e. The molecular weight excluding hydrogens is 311 g/mol. The van der Waals surface area contributed by atoms with Crippen molar-refractivity contribution in [1.82, 2.24) is 10.2 Å². The van der Waals surface area contributed by atoms with Crippen LogP contribution < -0.4 is 5.32 Å². The first-order valence-electron chi connectivity index (χ1n) is 7.10. The molecule has 0 saturated carbocycles. The van der Waals surface area contributed by atoms with Gasteiger partial charge in [0, 0.05) is 6.61 Å². The average molecular weight is 325 g/mol. The highest BCUT2D eigenvalue weighted by atomic mass is 19.4. The van der Waals surface area contributed by atoms with E-state index < -0.39 is 23.9 Å². The molecule has 2 heterocycles. The van der Waals surface area contributed by atoms with E-state index >= 15 is 0 Å². The maximum absolute atomic E-state index is 13.2. The number of hydrogen-bond acceptors (Lipinski definition) is 3. The topological polar surface area (TPSA) is 67.0 Å². The summed E-state index contributed by atoms with van der Waals surface area (Å²) in [5, 5.41) is 8.05. The van der Waals surface area contributed by atoms with Crippen molar-refractivity contribution in [1.29, 1.82) is 0 Å². The van der Waals surface area contributed by atoms with Crippen LogP contribution in [-0.4, -0.2) is 28.8 Å². The zero-order valence-electron chi connectivity index (χ0n) is 12.0. The van der Waals surface area contributed by atoms with Crippen molar-refractivity contribution in [2.45, 2.75) is 25.1 Å². The summed E-state index contributed by atoms with van der Waals surface area (Å²) in [6.07, 6.45) is -3.96. The van der Waals surface area contributed by atoms with Crippen molar-refractivity contribution < 1.29 is 22.7 Å². The second kappa shape index (κ2) is 6.04. The zero-order valence-corrected chi connectivity index (χ0v) is 12.0. The number of ether oxygens (including phenoxy) is 1. The lowest BCUT2D eigenvalue weighted by molar-refractivity contribution is -0.140. The van der Waals surface area contributed by atoms with Crippen LogP contribution in [0.2, 0.25) is 0 Å². The summed E-state index contributed by atoms with van der Waals surface area (Å²) in [4.78, 5) is 12.1. The van der Waals surface area contributed by atoms with Gasteiger partial charge in [-0.25, -0.2) is 0 Å². The molecule has 1 aliphatic heterocycles. The Labute approximate surface area is 129 Å². The van der Waals surface area contributed by atoms with Crippen molar-refractivity contribution >= 4 is 11.7 Å². The molecule has 8 heteroatoms. The summed E-state index contributed by atoms with van der Waals surface area (Å²) in [6, 6.07) is 7.99. The van der Waals surface area contributed by atoms with Gasteiger partial charge in [-0.15, -0.1) is 0 Å². The quantitative estimate of drug-likeness (QED) is 0.910. The number of nitrogens with one attached hydrogen (secondary N) is 2. The van der Waals surface area contributed by atoms with Crippen LogP contribution in [0.5, 0.6) is 0 Å². The molecule has 0 aliphatic carbocycles. The fraction of sp³-hybridized carbons (Fsp3) is 0.333. The Kier molecular flexibility index (Phi) is 4.08. The molecule has 3 rings (SSSR count). The van der Waals surface area contributed by atoms with Gasteiger partial charge in [0.2, 0.25) is 0 Å². The molecule has 2 N–H and O–H groups in total. The summed E-state index contributed by atoms with van der Waals surface area (Å²) in [6.45, 7) is 0.470. The maximum Gasteiger partial charge on any atom is 0.433 e. The van der Waals surface area contributed by atoms with Gasteiger partial charge in [0.1, 0.15) is 11.8 Å². The molecule has 1 saturated heterocycles. The zero-order chi connectivity index (χ0) is 16.4. The molecule has 1 aromatic carbocycles. The predicted octanol–water partition coefficient (Wildman–Crippen LogP) is 3.21. The van der Waals surface area contributed by atoms with Crippen molar-refractivity contribution in [2.75, 3.05) is 11.9 Å². The number of benzene rings is 1. The first kappa shape index (κ1) is 15.5. The second-order valence-electron chi connectivity index (χ2n) is 5.18. The highest BCUT2D eigenvalue weighted by Crippen LogP contribution is 2.39. The molecule has 1 unspecified atom stereocenters. The van der Waals surface area contributed by atoms with Crippen molar-refractivity contribution in [3.63, 3.8) is 0 Å². The van der Waals surface area contributed by atoms with E-state index in [0.717, 1.165) is 6.42 Å². The minimum absolute atomic E-state index is 0.149. The number of alkyl halides is 3. The molecule has 0 radical (unpaired) electrons. The lowest BCUT2D eigenvalue weighted by Gasteiger charge is -2.11. The molecule has 1 amide bonds. The lowest BCUT2D eigenvalue weighted by atomic mass is 10.0. The summed E-state index contributed by atoms with van der Waals surface area (Å²) in [5.74, 6) is -0.635. The van der Waals surface area contributed by atoms with Crippen LogP contribution in [0, 0.1) is 0 Å². The maximum atomic E-state index is 13.2. The monoisotopic (exact) mass is 325 g/mol. The van der Waals surface area contributed by atoms with Gasteiger partial charge in [-0.1, -0.05) is 30.3 Å². The van der Waals surface area contributed by atoms with E-state index in [0.29, 0.717) is 18.6 Å². The number of carbonyl (C=O) groups excluding carboxylic acids is 1. The number of anilines is 1. The van der Waals surface area contributed by atoms with E-state index in [1.165, 1.54) is 12.1 Å². The Morgan fingerprint density at radius 2 is 2.04 bits per heavy atom. The van der Waals surface area contributed by atoms with E-state index in [4.69, 9.17) is 4.74 Å². The summed E-state index contributed by atoms with van der Waals surface area (Å²) >= 11 is 0. The molecular formula is C15H14F3N3O2. The van der Waals surface area contributed by atoms with Crippen LogP contribution in [0.25, 0.3) is 11.1 Å². The van der Waals surface area contributed by atoms with E-state index in [2.05, 4.69) is 10.4 Å². The third-order valence-corrected chi connectivity index (χ3v) is 3.58. The van der Waals surface area contributed by atoms with E-state index in [1.54, 1.807) is 18.2 Å². The molecule has 1 atom stereocenters. The number of nitrogens with zero attached hydrogens (tertiary/aromatic N) is 1. The average Bonchev–Trinajstić information content (AvgIpc) is 3.17. The second-order valence-corrected chi connectivity index (χ2v) is 5.18. The fourth-order valence-corrected chi connectivity index (χ4v) is 2.51. The van der Waals surface area contributed by atoms with Gasteiger partial charge in [-0.05, 0) is 18.4 Å². The lowest BCUT2D eigenvalue weighted by Crippen LogP contribution is -2.27. The Morgan fingerprint density at radius 3 is 2.65 bits per heavy atom. The molecule has 23 heavy (non-hydrogen) atoms. The summed E-state index contributed by atoms with van der Waals surface area (Å²) in [7, 11) is 0. The van der Waals surface area contributed by atoms with E-state index in [1.807, 2.05) is 5.10 Å². The first-order chi connectivity index (χ1) is 11.0. The Hall–Kier alpha value is -2.35. The number of halogens is 3. The minimum atomic E-state index is -4.61. The summed E-state index contributed by atoms with van der Waals surface area (Å²) < 4.78 is 44.8. The Balaban J connectivity index is 1.97. The van der Waals surface area contributed by atoms with Crippen LogP contribution in [0.1, 0.15) is 18.5 Å². The number of amides is 1. The van der Waals surface area contributed by atoms with Gasteiger partial charge in [0.05, 0.1) is 5.56 Å². The van der Waals surface area contributed by atoms with Gasteiger partial charge < -0.3 is 10.1 Å². The number of aromatic nitrogens is 2. The van der Waals surface area contributed by atoms with Crippen LogP contribution in [0.15, 0.2) is 30.3 Å². The van der Waals surface area contributed by atoms with Crippen LogP contribution in [0.3, 0.4) is 0 Å². The molecule has 0 spiro atoms. The third-order valence-electron chi connectivity index (χ3n) is 3.58. The highest BCUT2D eigenvalue weighted by molar-refractivity contribution is 5.97. The molecule has 2 aromatic rings. The fourth-order valence-electron chi connectivity index (χ4n) is 2.51. The Bertz CT molecular complexity index is 692. The van der Waals surface area contributed by atoms with Crippen molar-refractivity contribution in [2.24, 2.45) is 0 Å². The molecule has 122 valence electrons. The number of H-pyrrole nitrogens is 1. The molecule has 5 nitrogen and oxygen atoms in total. The van der Waals surface area contributed by atoms with Gasteiger partial charge in [0.15, 0.2) is 5.82 Å². The van der Waals surface area contributed by atoms with E-state index in [9.17, 15) is 18.0 Å². The van der Waals surface area contributed by atoms with Gasteiger partial charge in [-0.2, -0.15) is 18.3 Å². The van der Waals surface area contributed by atoms with Crippen LogP contribution in [-0.2, 0) is 15.7 Å². The number of aromatic amines is 1. The Morgan fingerprint density at radius 1 is 1.30 bits per heavy atom. The first-order valence-corrected chi connectivity index (χ1v) is 7.10. The normalized spacial score (nSPS) is 18.1. The molecule has 0 bridgehead atoms. The van der Waals surface area contributed by atoms with Crippen molar-refractivity contribution in [3.8, 4) is 11.1 Å². The van der Waals surface area contributed by atoms with Crippen molar-refractivity contribution in [3.05, 3.63) is 36.0 Å². The largest absolute Gasteiger partial charge is 0.433 e. The third kappa shape index (κ3) is 3.21. The van der Waals surface area contributed by atoms with Crippen LogP contribution in [0.4, 0.5) is 19.0 Å². The molecule has 1 fully saturated rings. The van der Waals surface area contributed by atoms with E-state index in [-0.39, 0.29) is 11.4 Å². The van der Waals surface area contributed by atoms with Gasteiger partial charge in [0.25, 0.3) is 5.91 Å².